The number of para-hydroxylation sites is 1. The van der Waals surface area contributed by atoms with Gasteiger partial charge < -0.3 is 14.8 Å². The number of carbonyl (C=O) groups excluding carboxylic acids is 2. The van der Waals surface area contributed by atoms with Crippen LogP contribution in [0.5, 0.6) is 11.5 Å². The van der Waals surface area contributed by atoms with Gasteiger partial charge in [0.25, 0.3) is 5.91 Å². The number of hydrogen-bond acceptors (Lipinski definition) is 4. The van der Waals surface area contributed by atoms with Crippen LogP contribution in [0.25, 0.3) is 0 Å². The molecular formula is C16H13BrFNO4. The molecule has 0 fully saturated rings. The zero-order chi connectivity index (χ0) is 16.8. The molecule has 0 radical (unpaired) electrons. The number of benzene rings is 2. The second-order valence-electron chi connectivity index (χ2n) is 4.47. The summed E-state index contributed by atoms with van der Waals surface area (Å²) in [6.45, 7) is -0.344. The van der Waals surface area contributed by atoms with Gasteiger partial charge in [-0.1, -0.05) is 12.1 Å². The van der Waals surface area contributed by atoms with Crippen LogP contribution < -0.4 is 14.8 Å². The summed E-state index contributed by atoms with van der Waals surface area (Å²) < 4.78 is 24.5. The number of rotatable bonds is 6. The molecule has 2 rings (SSSR count). The van der Waals surface area contributed by atoms with Crippen molar-refractivity contribution in [1.82, 2.24) is 0 Å². The van der Waals surface area contributed by atoms with Crippen molar-refractivity contribution >= 4 is 33.8 Å². The van der Waals surface area contributed by atoms with Crippen molar-refractivity contribution in [2.24, 2.45) is 0 Å². The van der Waals surface area contributed by atoms with Gasteiger partial charge in [0.05, 0.1) is 17.3 Å². The lowest BCUT2D eigenvalue weighted by Gasteiger charge is -2.13. The van der Waals surface area contributed by atoms with Crippen LogP contribution in [0.4, 0.5) is 10.1 Å². The van der Waals surface area contributed by atoms with Gasteiger partial charge in [-0.2, -0.15) is 0 Å². The number of methoxy groups -OCH3 is 1. The van der Waals surface area contributed by atoms with Crippen molar-refractivity contribution in [3.63, 3.8) is 0 Å². The number of carbonyl (C=O) groups is 2. The number of ether oxygens (including phenoxy) is 2. The number of nitrogens with one attached hydrogen (secondary N) is 1. The van der Waals surface area contributed by atoms with Gasteiger partial charge in [-0.05, 0) is 40.2 Å². The highest BCUT2D eigenvalue weighted by atomic mass is 79.9. The fourth-order valence-corrected chi connectivity index (χ4v) is 2.41. The molecular weight excluding hydrogens is 369 g/mol. The van der Waals surface area contributed by atoms with Crippen molar-refractivity contribution in [1.29, 1.82) is 0 Å². The Morgan fingerprint density at radius 2 is 2.09 bits per heavy atom. The number of halogens is 2. The van der Waals surface area contributed by atoms with Crippen molar-refractivity contribution in [2.45, 2.75) is 0 Å². The van der Waals surface area contributed by atoms with Crippen LogP contribution in [0.15, 0.2) is 40.9 Å². The molecule has 0 heterocycles. The first-order chi connectivity index (χ1) is 11.0. The minimum Gasteiger partial charge on any atom is -0.493 e. The lowest BCUT2D eigenvalue weighted by Crippen LogP contribution is -2.21. The van der Waals surface area contributed by atoms with Gasteiger partial charge in [0.2, 0.25) is 0 Å². The summed E-state index contributed by atoms with van der Waals surface area (Å²) in [6, 6.07) is 8.85. The molecule has 2 aromatic carbocycles. The molecule has 0 unspecified atom stereocenters. The Labute approximate surface area is 140 Å². The van der Waals surface area contributed by atoms with E-state index in [2.05, 4.69) is 21.2 Å². The van der Waals surface area contributed by atoms with E-state index in [9.17, 15) is 14.0 Å². The third-order valence-corrected chi connectivity index (χ3v) is 3.47. The Bertz CT molecular complexity index is 736. The number of aldehydes is 1. The van der Waals surface area contributed by atoms with Gasteiger partial charge in [0.1, 0.15) is 12.1 Å². The third kappa shape index (κ3) is 4.29. The molecule has 0 aromatic heterocycles. The first-order valence-corrected chi connectivity index (χ1v) is 7.34. The van der Waals surface area contributed by atoms with Gasteiger partial charge in [-0.3, -0.25) is 9.59 Å². The zero-order valence-corrected chi connectivity index (χ0v) is 13.7. The number of amides is 1. The highest BCUT2D eigenvalue weighted by molar-refractivity contribution is 9.10. The summed E-state index contributed by atoms with van der Waals surface area (Å²) in [5.74, 6) is -0.472. The van der Waals surface area contributed by atoms with E-state index in [4.69, 9.17) is 9.47 Å². The van der Waals surface area contributed by atoms with Crippen LogP contribution in [-0.2, 0) is 4.79 Å². The van der Waals surface area contributed by atoms with Crippen LogP contribution in [0, 0.1) is 5.82 Å². The van der Waals surface area contributed by atoms with E-state index in [-0.39, 0.29) is 18.0 Å². The normalized spacial score (nSPS) is 10.0. The molecule has 0 spiro atoms. The predicted molar refractivity (Wildman–Crippen MR) is 86.6 cm³/mol. The van der Waals surface area contributed by atoms with Gasteiger partial charge >= 0.3 is 0 Å². The minimum atomic E-state index is -0.532. The molecule has 0 aliphatic rings. The summed E-state index contributed by atoms with van der Waals surface area (Å²) in [5, 5.41) is 2.41. The number of hydrogen-bond donors (Lipinski definition) is 1. The van der Waals surface area contributed by atoms with Crippen LogP contribution in [-0.4, -0.2) is 25.9 Å². The first-order valence-electron chi connectivity index (χ1n) is 6.55. The molecule has 7 heteroatoms. The molecule has 0 aliphatic heterocycles. The average Bonchev–Trinajstić information content (AvgIpc) is 2.55. The molecule has 0 saturated carbocycles. The SMILES string of the molecule is COc1cc(C=O)cc(Br)c1OCC(=O)Nc1ccccc1F. The van der Waals surface area contributed by atoms with Crippen molar-refractivity contribution in [2.75, 3.05) is 19.0 Å². The van der Waals surface area contributed by atoms with Crippen LogP contribution in [0.3, 0.4) is 0 Å². The second-order valence-corrected chi connectivity index (χ2v) is 5.32. The van der Waals surface area contributed by atoms with Gasteiger partial charge in [-0.15, -0.1) is 0 Å². The molecule has 2 aromatic rings. The van der Waals surface area contributed by atoms with Gasteiger partial charge in [-0.25, -0.2) is 4.39 Å². The Morgan fingerprint density at radius 3 is 2.74 bits per heavy atom. The monoisotopic (exact) mass is 381 g/mol. The van der Waals surface area contributed by atoms with E-state index in [1.54, 1.807) is 12.1 Å². The molecule has 120 valence electrons. The van der Waals surface area contributed by atoms with E-state index in [0.29, 0.717) is 22.1 Å². The molecule has 5 nitrogen and oxygen atoms in total. The molecule has 0 saturated heterocycles. The Morgan fingerprint density at radius 1 is 1.35 bits per heavy atom. The first kappa shape index (κ1) is 17.0. The maximum Gasteiger partial charge on any atom is 0.262 e. The quantitative estimate of drug-likeness (QED) is 0.778. The molecule has 0 aliphatic carbocycles. The highest BCUT2D eigenvalue weighted by Gasteiger charge is 2.14. The predicted octanol–water partition coefficient (Wildman–Crippen LogP) is 3.43. The summed E-state index contributed by atoms with van der Waals surface area (Å²) in [7, 11) is 1.42. The lowest BCUT2D eigenvalue weighted by molar-refractivity contribution is -0.118. The van der Waals surface area contributed by atoms with Crippen LogP contribution >= 0.6 is 15.9 Å². The summed E-state index contributed by atoms with van der Waals surface area (Å²) in [6.07, 6.45) is 0.669. The maximum atomic E-state index is 13.5. The van der Waals surface area contributed by atoms with E-state index >= 15 is 0 Å². The summed E-state index contributed by atoms with van der Waals surface area (Å²) in [5.41, 5.74) is 0.473. The van der Waals surface area contributed by atoms with Crippen LogP contribution in [0.1, 0.15) is 10.4 Å². The van der Waals surface area contributed by atoms with E-state index in [1.165, 1.54) is 31.4 Å². The highest BCUT2D eigenvalue weighted by Crippen LogP contribution is 2.36. The molecule has 1 amide bonds. The fourth-order valence-electron chi connectivity index (χ4n) is 1.83. The Hall–Kier alpha value is -2.41. The van der Waals surface area contributed by atoms with Crippen LogP contribution in [0.2, 0.25) is 0 Å². The van der Waals surface area contributed by atoms with Crippen molar-refractivity contribution in [3.8, 4) is 11.5 Å². The Kier molecular flexibility index (Phi) is 5.70. The number of anilines is 1. The van der Waals surface area contributed by atoms with Gasteiger partial charge in [0.15, 0.2) is 18.1 Å². The van der Waals surface area contributed by atoms with E-state index in [0.717, 1.165) is 0 Å². The molecule has 0 atom stereocenters. The topological polar surface area (TPSA) is 64.6 Å². The molecule has 1 N–H and O–H groups in total. The Balaban J connectivity index is 2.07. The zero-order valence-electron chi connectivity index (χ0n) is 12.1. The summed E-state index contributed by atoms with van der Waals surface area (Å²) >= 11 is 3.25. The van der Waals surface area contributed by atoms with Gasteiger partial charge in [0, 0.05) is 5.56 Å². The maximum absolute atomic E-state index is 13.5. The standard InChI is InChI=1S/C16H13BrFNO4/c1-22-14-7-10(8-20)6-11(17)16(14)23-9-15(21)19-13-5-3-2-4-12(13)18/h2-8H,9H2,1H3,(H,19,21). The van der Waals surface area contributed by atoms with Crippen molar-refractivity contribution < 1.29 is 23.5 Å². The largest absolute Gasteiger partial charge is 0.493 e. The molecule has 0 bridgehead atoms. The smallest absolute Gasteiger partial charge is 0.262 e. The lowest BCUT2D eigenvalue weighted by atomic mass is 10.2. The minimum absolute atomic E-state index is 0.0726. The van der Waals surface area contributed by atoms with E-state index < -0.39 is 11.7 Å². The van der Waals surface area contributed by atoms with E-state index in [1.807, 2.05) is 0 Å². The van der Waals surface area contributed by atoms with Crippen molar-refractivity contribution in [3.05, 3.63) is 52.3 Å². The average molecular weight is 382 g/mol. The summed E-state index contributed by atoms with van der Waals surface area (Å²) in [4.78, 5) is 22.7. The molecule has 23 heavy (non-hydrogen) atoms. The third-order valence-electron chi connectivity index (χ3n) is 2.88. The second kappa shape index (κ2) is 7.73. The fraction of sp³-hybridized carbons (Fsp3) is 0.125.